The molecule has 2 N–H and O–H groups in total. The first-order valence-electron chi connectivity index (χ1n) is 6.98. The fraction of sp³-hybridized carbons (Fsp3) is 0.111. The molecule has 1 unspecified atom stereocenters. The van der Waals surface area contributed by atoms with Gasteiger partial charge in [0.2, 0.25) is 5.91 Å². The Balaban J connectivity index is 1.91. The number of aliphatic hydroxyl groups excluding tert-OH is 1. The standard InChI is InChI=1S/C18H15FN2O2/c19-16-7-2-1-6-15(16)17(22)12-21-18(23)9-8-13-4-3-5-14(10-13)11-20/h1-10,17,22H,12H2,(H,21,23)/b9-8+. The van der Waals surface area contributed by atoms with Crippen LogP contribution < -0.4 is 5.32 Å². The van der Waals surface area contributed by atoms with Crippen LogP contribution in [0.5, 0.6) is 0 Å². The van der Waals surface area contributed by atoms with Crippen LogP contribution in [0.25, 0.3) is 6.08 Å². The predicted molar refractivity (Wildman–Crippen MR) is 84.6 cm³/mol. The van der Waals surface area contributed by atoms with Gasteiger partial charge < -0.3 is 10.4 Å². The lowest BCUT2D eigenvalue weighted by Crippen LogP contribution is -2.27. The minimum Gasteiger partial charge on any atom is -0.386 e. The second-order valence-electron chi connectivity index (χ2n) is 4.85. The Morgan fingerprint density at radius 2 is 2.09 bits per heavy atom. The van der Waals surface area contributed by atoms with E-state index in [1.165, 1.54) is 24.3 Å². The van der Waals surface area contributed by atoms with Crippen molar-refractivity contribution in [3.05, 3.63) is 77.1 Å². The van der Waals surface area contributed by atoms with E-state index in [1.54, 1.807) is 36.4 Å². The minimum atomic E-state index is -1.12. The maximum absolute atomic E-state index is 13.5. The molecule has 0 bridgehead atoms. The van der Waals surface area contributed by atoms with Crippen molar-refractivity contribution in [2.45, 2.75) is 6.10 Å². The highest BCUT2D eigenvalue weighted by Crippen LogP contribution is 2.15. The summed E-state index contributed by atoms with van der Waals surface area (Å²) in [6.07, 6.45) is 1.74. The maximum atomic E-state index is 13.5. The summed E-state index contributed by atoms with van der Waals surface area (Å²) in [5, 5.41) is 21.2. The van der Waals surface area contributed by atoms with E-state index in [4.69, 9.17) is 5.26 Å². The minimum absolute atomic E-state index is 0.0949. The number of hydrogen-bond donors (Lipinski definition) is 2. The third-order valence-corrected chi connectivity index (χ3v) is 3.18. The Labute approximate surface area is 133 Å². The number of aliphatic hydroxyl groups is 1. The lowest BCUT2D eigenvalue weighted by atomic mass is 10.1. The quantitative estimate of drug-likeness (QED) is 0.834. The van der Waals surface area contributed by atoms with Gasteiger partial charge in [0.25, 0.3) is 0 Å². The van der Waals surface area contributed by atoms with E-state index in [9.17, 15) is 14.3 Å². The van der Waals surface area contributed by atoms with Gasteiger partial charge in [-0.05, 0) is 29.8 Å². The first kappa shape index (κ1) is 16.4. The molecule has 0 aliphatic carbocycles. The van der Waals surface area contributed by atoms with Crippen molar-refractivity contribution in [2.24, 2.45) is 0 Å². The summed E-state index contributed by atoms with van der Waals surface area (Å²) in [5.74, 6) is -0.930. The molecule has 0 aliphatic rings. The summed E-state index contributed by atoms with van der Waals surface area (Å²) in [4.78, 5) is 11.7. The highest BCUT2D eigenvalue weighted by molar-refractivity contribution is 5.91. The molecule has 0 spiro atoms. The van der Waals surface area contributed by atoms with Gasteiger partial charge in [-0.1, -0.05) is 30.3 Å². The molecule has 2 rings (SSSR count). The first-order valence-corrected chi connectivity index (χ1v) is 6.98. The Kier molecular flexibility index (Phi) is 5.61. The van der Waals surface area contributed by atoms with Crippen molar-refractivity contribution in [1.29, 1.82) is 5.26 Å². The summed E-state index contributed by atoms with van der Waals surface area (Å²) >= 11 is 0. The monoisotopic (exact) mass is 310 g/mol. The van der Waals surface area contributed by atoms with E-state index < -0.39 is 17.8 Å². The van der Waals surface area contributed by atoms with Crippen molar-refractivity contribution in [1.82, 2.24) is 5.32 Å². The average molecular weight is 310 g/mol. The number of amides is 1. The molecule has 0 saturated heterocycles. The van der Waals surface area contributed by atoms with Gasteiger partial charge in [0.15, 0.2) is 0 Å². The second kappa shape index (κ2) is 7.87. The van der Waals surface area contributed by atoms with Gasteiger partial charge >= 0.3 is 0 Å². The highest BCUT2D eigenvalue weighted by Gasteiger charge is 2.12. The summed E-state index contributed by atoms with van der Waals surface area (Å²) < 4.78 is 13.5. The van der Waals surface area contributed by atoms with Crippen LogP contribution >= 0.6 is 0 Å². The Morgan fingerprint density at radius 1 is 1.30 bits per heavy atom. The number of carbonyl (C=O) groups is 1. The van der Waals surface area contributed by atoms with Crippen molar-refractivity contribution in [2.75, 3.05) is 6.54 Å². The van der Waals surface area contributed by atoms with Crippen LogP contribution in [0.15, 0.2) is 54.6 Å². The summed E-state index contributed by atoms with van der Waals surface area (Å²) in [7, 11) is 0. The molecule has 0 saturated carbocycles. The van der Waals surface area contributed by atoms with Crippen LogP contribution in [-0.2, 0) is 4.79 Å². The van der Waals surface area contributed by atoms with Gasteiger partial charge in [0.05, 0.1) is 17.7 Å². The zero-order valence-electron chi connectivity index (χ0n) is 12.2. The number of nitrogens with zero attached hydrogens (tertiary/aromatic N) is 1. The molecule has 0 heterocycles. The zero-order valence-corrected chi connectivity index (χ0v) is 12.2. The number of rotatable bonds is 5. The molecular formula is C18H15FN2O2. The molecule has 0 radical (unpaired) electrons. The predicted octanol–water partition coefficient (Wildman–Crippen LogP) is 2.56. The number of benzene rings is 2. The molecule has 116 valence electrons. The molecule has 1 atom stereocenters. The maximum Gasteiger partial charge on any atom is 0.244 e. The van der Waals surface area contributed by atoms with E-state index in [1.807, 2.05) is 6.07 Å². The third kappa shape index (κ3) is 4.77. The summed E-state index contributed by atoms with van der Waals surface area (Å²) in [5.41, 5.74) is 1.36. The molecule has 4 nitrogen and oxygen atoms in total. The van der Waals surface area contributed by atoms with Crippen molar-refractivity contribution < 1.29 is 14.3 Å². The molecule has 2 aromatic rings. The van der Waals surface area contributed by atoms with Crippen LogP contribution in [-0.4, -0.2) is 17.6 Å². The van der Waals surface area contributed by atoms with Crippen molar-refractivity contribution in [3.8, 4) is 6.07 Å². The van der Waals surface area contributed by atoms with E-state index in [0.29, 0.717) is 11.1 Å². The molecule has 0 aliphatic heterocycles. The lowest BCUT2D eigenvalue weighted by Gasteiger charge is -2.12. The molecule has 0 fully saturated rings. The number of nitriles is 1. The Bertz CT molecular complexity index is 766. The lowest BCUT2D eigenvalue weighted by molar-refractivity contribution is -0.116. The van der Waals surface area contributed by atoms with Gasteiger partial charge in [0, 0.05) is 18.2 Å². The van der Waals surface area contributed by atoms with Crippen LogP contribution in [0.1, 0.15) is 22.8 Å². The van der Waals surface area contributed by atoms with Crippen molar-refractivity contribution >= 4 is 12.0 Å². The van der Waals surface area contributed by atoms with E-state index in [2.05, 4.69) is 5.32 Å². The van der Waals surface area contributed by atoms with E-state index in [-0.39, 0.29) is 12.1 Å². The molecule has 2 aromatic carbocycles. The van der Waals surface area contributed by atoms with Crippen molar-refractivity contribution in [3.63, 3.8) is 0 Å². The third-order valence-electron chi connectivity index (χ3n) is 3.18. The summed E-state index contributed by atoms with van der Waals surface area (Å²) in [6, 6.07) is 14.7. The van der Waals surface area contributed by atoms with Crippen LogP contribution in [0.4, 0.5) is 4.39 Å². The highest BCUT2D eigenvalue weighted by atomic mass is 19.1. The Hall–Kier alpha value is -2.97. The largest absolute Gasteiger partial charge is 0.386 e. The van der Waals surface area contributed by atoms with Gasteiger partial charge in [-0.3, -0.25) is 4.79 Å². The first-order chi connectivity index (χ1) is 11.1. The van der Waals surface area contributed by atoms with Gasteiger partial charge in [-0.15, -0.1) is 0 Å². The van der Waals surface area contributed by atoms with Crippen LogP contribution in [0.3, 0.4) is 0 Å². The summed E-state index contributed by atoms with van der Waals surface area (Å²) in [6.45, 7) is -0.0949. The number of hydrogen-bond acceptors (Lipinski definition) is 3. The van der Waals surface area contributed by atoms with Gasteiger partial charge in [-0.2, -0.15) is 5.26 Å². The average Bonchev–Trinajstić information content (AvgIpc) is 2.58. The van der Waals surface area contributed by atoms with E-state index >= 15 is 0 Å². The fourth-order valence-electron chi connectivity index (χ4n) is 2.00. The smallest absolute Gasteiger partial charge is 0.244 e. The Morgan fingerprint density at radius 3 is 2.83 bits per heavy atom. The number of halogens is 1. The zero-order chi connectivity index (χ0) is 16.7. The fourth-order valence-corrected chi connectivity index (χ4v) is 2.00. The van der Waals surface area contributed by atoms with Crippen LogP contribution in [0, 0.1) is 17.1 Å². The molecule has 23 heavy (non-hydrogen) atoms. The molecule has 5 heteroatoms. The van der Waals surface area contributed by atoms with Crippen LogP contribution in [0.2, 0.25) is 0 Å². The topological polar surface area (TPSA) is 73.1 Å². The van der Waals surface area contributed by atoms with Gasteiger partial charge in [0.1, 0.15) is 5.82 Å². The molecule has 0 aromatic heterocycles. The van der Waals surface area contributed by atoms with E-state index in [0.717, 1.165) is 0 Å². The number of carbonyl (C=O) groups excluding carboxylic acids is 1. The SMILES string of the molecule is N#Cc1cccc(/C=C/C(=O)NCC(O)c2ccccc2F)c1. The normalized spacial score (nSPS) is 11.9. The molecular weight excluding hydrogens is 295 g/mol. The molecule has 1 amide bonds. The number of nitrogens with one attached hydrogen (secondary N) is 1. The second-order valence-corrected chi connectivity index (χ2v) is 4.85. The van der Waals surface area contributed by atoms with Gasteiger partial charge in [-0.25, -0.2) is 4.39 Å².